The van der Waals surface area contributed by atoms with Crippen molar-refractivity contribution in [3.05, 3.63) is 35.9 Å². The summed E-state index contributed by atoms with van der Waals surface area (Å²) in [6, 6.07) is 6.88. The summed E-state index contributed by atoms with van der Waals surface area (Å²) in [5, 5.41) is 8.53. The summed E-state index contributed by atoms with van der Waals surface area (Å²) < 4.78 is 0. The van der Waals surface area contributed by atoms with E-state index in [-0.39, 0.29) is 31.1 Å². The number of nitrogens with zero attached hydrogens (tertiary/aromatic N) is 1. The number of hydrogen-bond acceptors (Lipinski definition) is 5. The quantitative estimate of drug-likeness (QED) is 0.395. The van der Waals surface area contributed by atoms with E-state index < -0.39 is 41.4 Å². The van der Waals surface area contributed by atoms with Crippen molar-refractivity contribution >= 4 is 29.9 Å². The standard InChI is InChI=1S/C26H36N4O5/c1-17(2)26(3)25(35)28-20(16-18-10-5-4-6-11-18)24(34)30-14-9-13-21(30)23(33)27-19(22(32)29-26)12-7-8-15-31/h4-6,10-11,15,17,19-21H,7-9,12-14,16H2,1-3H3,(H,27,33)(H,28,35)(H,29,32)/t19-,20?,21+,26-/m0/s1. The highest BCUT2D eigenvalue weighted by atomic mass is 16.2. The topological polar surface area (TPSA) is 125 Å². The maximum atomic E-state index is 13.7. The van der Waals surface area contributed by atoms with Gasteiger partial charge in [0, 0.05) is 19.4 Å². The number of aldehydes is 1. The molecule has 0 aliphatic carbocycles. The average Bonchev–Trinajstić information content (AvgIpc) is 3.32. The molecule has 0 radical (unpaired) electrons. The van der Waals surface area contributed by atoms with Gasteiger partial charge in [-0.05, 0) is 44.1 Å². The molecule has 1 unspecified atom stereocenters. The van der Waals surface area contributed by atoms with Gasteiger partial charge in [-0.15, -0.1) is 0 Å². The molecule has 2 aliphatic rings. The van der Waals surface area contributed by atoms with Crippen LogP contribution in [0.4, 0.5) is 0 Å². The number of rotatable bonds is 7. The van der Waals surface area contributed by atoms with E-state index in [1.54, 1.807) is 6.92 Å². The molecule has 0 aromatic heterocycles. The van der Waals surface area contributed by atoms with Crippen LogP contribution in [0.3, 0.4) is 0 Å². The van der Waals surface area contributed by atoms with E-state index in [0.29, 0.717) is 25.8 Å². The molecule has 3 N–H and O–H groups in total. The van der Waals surface area contributed by atoms with Crippen molar-refractivity contribution in [2.24, 2.45) is 5.92 Å². The van der Waals surface area contributed by atoms with E-state index in [9.17, 15) is 24.0 Å². The molecule has 3 rings (SSSR count). The number of hydrogen-bond donors (Lipinski definition) is 3. The van der Waals surface area contributed by atoms with Crippen molar-refractivity contribution in [3.8, 4) is 0 Å². The van der Waals surface area contributed by atoms with Crippen LogP contribution in [0.15, 0.2) is 30.3 Å². The van der Waals surface area contributed by atoms with Crippen LogP contribution in [0.1, 0.15) is 58.4 Å². The Kier molecular flexibility index (Phi) is 8.64. The molecule has 9 nitrogen and oxygen atoms in total. The molecule has 1 aromatic carbocycles. The lowest BCUT2D eigenvalue weighted by molar-refractivity contribution is -0.145. The van der Waals surface area contributed by atoms with Gasteiger partial charge in [-0.3, -0.25) is 19.2 Å². The van der Waals surface area contributed by atoms with Crippen LogP contribution in [-0.2, 0) is 30.4 Å². The van der Waals surface area contributed by atoms with Gasteiger partial charge in [0.25, 0.3) is 0 Å². The van der Waals surface area contributed by atoms with E-state index in [1.165, 1.54) is 4.90 Å². The Hall–Kier alpha value is -3.23. The number of carbonyl (C=O) groups is 5. The lowest BCUT2D eigenvalue weighted by Gasteiger charge is -2.38. The second-order valence-corrected chi connectivity index (χ2v) is 9.91. The van der Waals surface area contributed by atoms with Crippen molar-refractivity contribution in [1.29, 1.82) is 0 Å². The zero-order chi connectivity index (χ0) is 25.6. The van der Waals surface area contributed by atoms with E-state index >= 15 is 0 Å². The number of amides is 4. The maximum Gasteiger partial charge on any atom is 0.246 e. The van der Waals surface area contributed by atoms with Crippen molar-refractivity contribution in [2.45, 2.75) is 83.0 Å². The monoisotopic (exact) mass is 484 g/mol. The maximum absolute atomic E-state index is 13.7. The zero-order valence-electron chi connectivity index (χ0n) is 20.7. The van der Waals surface area contributed by atoms with Gasteiger partial charge in [-0.25, -0.2) is 0 Å². The third-order valence-corrected chi connectivity index (χ3v) is 7.18. The first kappa shape index (κ1) is 26.4. The Balaban J connectivity index is 1.98. The first-order chi connectivity index (χ1) is 16.7. The fourth-order valence-electron chi connectivity index (χ4n) is 4.61. The highest BCUT2D eigenvalue weighted by Crippen LogP contribution is 2.23. The number of fused-ring (bicyclic) bond motifs is 1. The minimum Gasteiger partial charge on any atom is -0.343 e. The molecule has 2 saturated heterocycles. The fraction of sp³-hybridized carbons (Fsp3) is 0.577. The Morgan fingerprint density at radius 1 is 1.06 bits per heavy atom. The van der Waals surface area contributed by atoms with Gasteiger partial charge >= 0.3 is 0 Å². The van der Waals surface area contributed by atoms with Crippen LogP contribution in [0.25, 0.3) is 0 Å². The Labute approximate surface area is 206 Å². The van der Waals surface area contributed by atoms with Gasteiger partial charge < -0.3 is 25.6 Å². The SMILES string of the molecule is CC(C)[C@]1(C)NC(=O)[C@H](CCCC=O)NC(=O)[C@H]2CCCN2C(=O)C(Cc2ccccc2)NC1=O. The van der Waals surface area contributed by atoms with Crippen LogP contribution in [0, 0.1) is 5.92 Å². The van der Waals surface area contributed by atoms with E-state index in [1.807, 2.05) is 44.2 Å². The van der Waals surface area contributed by atoms with Crippen LogP contribution < -0.4 is 16.0 Å². The van der Waals surface area contributed by atoms with Crippen molar-refractivity contribution in [1.82, 2.24) is 20.9 Å². The van der Waals surface area contributed by atoms with Gasteiger partial charge in [-0.1, -0.05) is 44.2 Å². The molecule has 9 heteroatoms. The Morgan fingerprint density at radius 2 is 1.77 bits per heavy atom. The normalized spacial score (nSPS) is 27.9. The zero-order valence-corrected chi connectivity index (χ0v) is 20.7. The highest BCUT2D eigenvalue weighted by Gasteiger charge is 2.45. The second kappa shape index (κ2) is 11.5. The third-order valence-electron chi connectivity index (χ3n) is 7.18. The van der Waals surface area contributed by atoms with Crippen LogP contribution in [0.2, 0.25) is 0 Å². The van der Waals surface area contributed by atoms with Gasteiger partial charge in [-0.2, -0.15) is 0 Å². The molecule has 190 valence electrons. The second-order valence-electron chi connectivity index (χ2n) is 9.91. The minimum atomic E-state index is -1.32. The molecule has 2 aliphatic heterocycles. The number of carbonyl (C=O) groups excluding carboxylic acids is 5. The third kappa shape index (κ3) is 6.07. The van der Waals surface area contributed by atoms with Gasteiger partial charge in [0.15, 0.2) is 0 Å². The minimum absolute atomic E-state index is 0.253. The molecule has 2 heterocycles. The first-order valence-electron chi connectivity index (χ1n) is 12.4. The molecular formula is C26H36N4O5. The lowest BCUT2D eigenvalue weighted by Crippen LogP contribution is -2.67. The fourth-order valence-corrected chi connectivity index (χ4v) is 4.61. The molecular weight excluding hydrogens is 448 g/mol. The highest BCUT2D eigenvalue weighted by molar-refractivity contribution is 5.99. The van der Waals surface area contributed by atoms with Gasteiger partial charge in [0.1, 0.15) is 30.0 Å². The molecule has 1 aromatic rings. The van der Waals surface area contributed by atoms with Crippen molar-refractivity contribution < 1.29 is 24.0 Å². The summed E-state index contributed by atoms with van der Waals surface area (Å²) in [7, 11) is 0. The average molecular weight is 485 g/mol. The lowest BCUT2D eigenvalue weighted by atomic mass is 9.86. The molecule has 0 saturated carbocycles. The van der Waals surface area contributed by atoms with Crippen molar-refractivity contribution in [2.75, 3.05) is 6.54 Å². The molecule has 4 amide bonds. The van der Waals surface area contributed by atoms with Crippen LogP contribution >= 0.6 is 0 Å². The summed E-state index contributed by atoms with van der Waals surface area (Å²) in [5.41, 5.74) is -0.437. The predicted molar refractivity (Wildman–Crippen MR) is 130 cm³/mol. The molecule has 2 fully saturated rings. The largest absolute Gasteiger partial charge is 0.343 e. The molecule has 0 bridgehead atoms. The summed E-state index contributed by atoms with van der Waals surface area (Å²) in [6.45, 7) is 5.66. The van der Waals surface area contributed by atoms with Gasteiger partial charge in [0.05, 0.1) is 0 Å². The summed E-state index contributed by atoms with van der Waals surface area (Å²) in [5.74, 6) is -1.93. The van der Waals surface area contributed by atoms with E-state index in [4.69, 9.17) is 0 Å². The summed E-state index contributed by atoms with van der Waals surface area (Å²) in [6.07, 6.45) is 3.11. The van der Waals surface area contributed by atoms with E-state index in [2.05, 4.69) is 16.0 Å². The van der Waals surface area contributed by atoms with Crippen LogP contribution in [-0.4, -0.2) is 65.0 Å². The van der Waals surface area contributed by atoms with Crippen molar-refractivity contribution in [3.63, 3.8) is 0 Å². The molecule has 0 spiro atoms. The predicted octanol–water partition coefficient (Wildman–Crippen LogP) is 1.10. The molecule has 4 atom stereocenters. The summed E-state index contributed by atoms with van der Waals surface area (Å²) in [4.78, 5) is 66.1. The number of unbranched alkanes of at least 4 members (excludes halogenated alkanes) is 1. The Bertz CT molecular complexity index is 950. The number of benzene rings is 1. The number of nitrogens with one attached hydrogen (secondary N) is 3. The smallest absolute Gasteiger partial charge is 0.246 e. The Morgan fingerprint density at radius 3 is 2.43 bits per heavy atom. The first-order valence-corrected chi connectivity index (χ1v) is 12.4. The van der Waals surface area contributed by atoms with Crippen LogP contribution in [0.5, 0.6) is 0 Å². The summed E-state index contributed by atoms with van der Waals surface area (Å²) >= 11 is 0. The van der Waals surface area contributed by atoms with E-state index in [0.717, 1.165) is 11.8 Å². The van der Waals surface area contributed by atoms with Gasteiger partial charge in [0.2, 0.25) is 23.6 Å². The molecule has 35 heavy (non-hydrogen) atoms.